The molecule has 0 aliphatic carbocycles. The predicted octanol–water partition coefficient (Wildman–Crippen LogP) is 4.13. The molecule has 0 heterocycles. The van der Waals surface area contributed by atoms with E-state index in [0.29, 0.717) is 18.6 Å². The summed E-state index contributed by atoms with van der Waals surface area (Å²) in [6, 6.07) is 18.5. The van der Waals surface area contributed by atoms with Crippen molar-refractivity contribution < 1.29 is 4.79 Å². The zero-order chi connectivity index (χ0) is 13.5. The molecule has 0 aliphatic heterocycles. The molecule has 0 saturated carbocycles. The fourth-order valence-corrected chi connectivity index (χ4v) is 2.22. The molecule has 0 aromatic heterocycles. The van der Waals surface area contributed by atoms with Crippen LogP contribution in [0.3, 0.4) is 0 Å². The summed E-state index contributed by atoms with van der Waals surface area (Å²) >= 11 is 0. The molecular weight excluding hydrogens is 232 g/mol. The number of benzene rings is 2. The second kappa shape index (κ2) is 6.89. The van der Waals surface area contributed by atoms with Gasteiger partial charge in [0.15, 0.2) is 0 Å². The average molecular weight is 252 g/mol. The zero-order valence-electron chi connectivity index (χ0n) is 11.4. The van der Waals surface area contributed by atoms with Crippen LogP contribution in [0.15, 0.2) is 54.6 Å². The van der Waals surface area contributed by atoms with Crippen LogP contribution >= 0.6 is 0 Å². The number of aryl methyl sites for hydroxylation is 3. The molecule has 0 saturated heterocycles. The normalized spacial score (nSPS) is 10.4. The minimum absolute atomic E-state index is 0.354. The maximum Gasteiger partial charge on any atom is 0.133 e. The first kappa shape index (κ1) is 13.5. The van der Waals surface area contributed by atoms with E-state index in [1.807, 2.05) is 30.3 Å². The molecule has 19 heavy (non-hydrogen) atoms. The van der Waals surface area contributed by atoms with E-state index in [9.17, 15) is 4.79 Å². The van der Waals surface area contributed by atoms with Crippen LogP contribution in [0.4, 0.5) is 0 Å². The topological polar surface area (TPSA) is 17.1 Å². The zero-order valence-corrected chi connectivity index (χ0v) is 11.4. The van der Waals surface area contributed by atoms with Crippen LogP contribution < -0.4 is 0 Å². The van der Waals surface area contributed by atoms with Crippen molar-refractivity contribution >= 4 is 5.78 Å². The Hall–Kier alpha value is -1.89. The Bertz CT molecular complexity index is 528. The molecule has 0 spiro atoms. The number of carbonyl (C=O) groups is 1. The summed E-state index contributed by atoms with van der Waals surface area (Å²) in [5.41, 5.74) is 3.81. The molecule has 0 unspecified atom stereocenters. The van der Waals surface area contributed by atoms with E-state index in [4.69, 9.17) is 0 Å². The Morgan fingerprint density at radius 2 is 1.47 bits per heavy atom. The highest BCUT2D eigenvalue weighted by Crippen LogP contribution is 2.11. The van der Waals surface area contributed by atoms with Crippen LogP contribution in [0.25, 0.3) is 0 Å². The van der Waals surface area contributed by atoms with Crippen LogP contribution in [0.1, 0.15) is 29.5 Å². The van der Waals surface area contributed by atoms with Crippen LogP contribution in [0.5, 0.6) is 0 Å². The number of ketones is 1. The van der Waals surface area contributed by atoms with E-state index in [1.165, 1.54) is 16.7 Å². The summed E-state index contributed by atoms with van der Waals surface area (Å²) in [5.74, 6) is 0.354. The fourth-order valence-electron chi connectivity index (χ4n) is 2.22. The SMILES string of the molecule is Cc1ccccc1CCC(=O)CCc1ccccc1. The standard InChI is InChI=1S/C18H20O/c1-15-7-5-6-10-17(15)12-14-18(19)13-11-16-8-3-2-4-9-16/h2-10H,11-14H2,1H3. The molecule has 0 bridgehead atoms. The minimum Gasteiger partial charge on any atom is -0.300 e. The maximum atomic E-state index is 11.9. The lowest BCUT2D eigenvalue weighted by Gasteiger charge is -2.05. The van der Waals surface area contributed by atoms with Gasteiger partial charge in [-0.3, -0.25) is 4.79 Å². The lowest BCUT2D eigenvalue weighted by atomic mass is 10.00. The predicted molar refractivity (Wildman–Crippen MR) is 79.3 cm³/mol. The third-order valence-corrected chi connectivity index (χ3v) is 3.47. The first-order chi connectivity index (χ1) is 9.25. The Morgan fingerprint density at radius 1 is 0.842 bits per heavy atom. The van der Waals surface area contributed by atoms with Gasteiger partial charge in [0.2, 0.25) is 0 Å². The molecule has 98 valence electrons. The van der Waals surface area contributed by atoms with Crippen molar-refractivity contribution in [3.63, 3.8) is 0 Å². The second-order valence-electron chi connectivity index (χ2n) is 4.95. The van der Waals surface area contributed by atoms with Crippen LogP contribution in [-0.4, -0.2) is 5.78 Å². The molecular formula is C18H20O. The van der Waals surface area contributed by atoms with E-state index < -0.39 is 0 Å². The van der Waals surface area contributed by atoms with Crippen molar-refractivity contribution in [2.75, 3.05) is 0 Å². The average Bonchev–Trinajstić information content (AvgIpc) is 2.45. The van der Waals surface area contributed by atoms with Crippen LogP contribution in [-0.2, 0) is 17.6 Å². The summed E-state index contributed by atoms with van der Waals surface area (Å²) in [4.78, 5) is 11.9. The summed E-state index contributed by atoms with van der Waals surface area (Å²) in [6.45, 7) is 2.10. The molecule has 0 aliphatic rings. The van der Waals surface area contributed by atoms with Gasteiger partial charge in [-0.2, -0.15) is 0 Å². The molecule has 0 amide bonds. The highest BCUT2D eigenvalue weighted by Gasteiger charge is 2.04. The lowest BCUT2D eigenvalue weighted by Crippen LogP contribution is -2.03. The summed E-state index contributed by atoms with van der Waals surface area (Å²) < 4.78 is 0. The Labute approximate surface area is 115 Å². The molecule has 0 N–H and O–H groups in total. The van der Waals surface area contributed by atoms with Gasteiger partial charge in [0.05, 0.1) is 0 Å². The molecule has 1 heteroatoms. The smallest absolute Gasteiger partial charge is 0.133 e. The van der Waals surface area contributed by atoms with Crippen molar-refractivity contribution in [1.29, 1.82) is 0 Å². The fraction of sp³-hybridized carbons (Fsp3) is 0.278. The summed E-state index contributed by atoms with van der Waals surface area (Å²) in [6.07, 6.45) is 3.02. The van der Waals surface area contributed by atoms with Crippen molar-refractivity contribution in [1.82, 2.24) is 0 Å². The number of rotatable bonds is 6. The minimum atomic E-state index is 0.354. The maximum absolute atomic E-state index is 11.9. The third-order valence-electron chi connectivity index (χ3n) is 3.47. The van der Waals surface area contributed by atoms with Crippen LogP contribution in [0.2, 0.25) is 0 Å². The first-order valence-corrected chi connectivity index (χ1v) is 6.86. The van der Waals surface area contributed by atoms with Gasteiger partial charge in [-0.1, -0.05) is 54.6 Å². The largest absolute Gasteiger partial charge is 0.300 e. The highest BCUT2D eigenvalue weighted by molar-refractivity contribution is 5.78. The van der Waals surface area contributed by atoms with Gasteiger partial charge in [0.1, 0.15) is 5.78 Å². The number of carbonyl (C=O) groups excluding carboxylic acids is 1. The lowest BCUT2D eigenvalue weighted by molar-refractivity contribution is -0.119. The van der Waals surface area contributed by atoms with Crippen LogP contribution in [0, 0.1) is 6.92 Å². The van der Waals surface area contributed by atoms with Gasteiger partial charge >= 0.3 is 0 Å². The molecule has 2 aromatic rings. The van der Waals surface area contributed by atoms with E-state index in [1.54, 1.807) is 0 Å². The number of hydrogen-bond donors (Lipinski definition) is 0. The molecule has 0 atom stereocenters. The molecule has 0 radical (unpaired) electrons. The van der Waals surface area contributed by atoms with Gasteiger partial charge in [-0.25, -0.2) is 0 Å². The van der Waals surface area contributed by atoms with Crippen molar-refractivity contribution in [2.45, 2.75) is 32.6 Å². The highest BCUT2D eigenvalue weighted by atomic mass is 16.1. The second-order valence-corrected chi connectivity index (χ2v) is 4.95. The molecule has 1 nitrogen and oxygen atoms in total. The third kappa shape index (κ3) is 4.36. The number of Topliss-reactive ketones (excluding diaryl/α,β-unsaturated/α-hetero) is 1. The number of hydrogen-bond acceptors (Lipinski definition) is 1. The Balaban J connectivity index is 1.78. The van der Waals surface area contributed by atoms with Gasteiger partial charge in [0.25, 0.3) is 0 Å². The quantitative estimate of drug-likeness (QED) is 0.755. The molecule has 2 rings (SSSR count). The van der Waals surface area contributed by atoms with E-state index in [-0.39, 0.29) is 0 Å². The van der Waals surface area contributed by atoms with Crippen molar-refractivity contribution in [2.24, 2.45) is 0 Å². The Morgan fingerprint density at radius 3 is 2.21 bits per heavy atom. The van der Waals surface area contributed by atoms with E-state index >= 15 is 0 Å². The van der Waals surface area contributed by atoms with Gasteiger partial charge in [-0.05, 0) is 36.5 Å². The van der Waals surface area contributed by atoms with Gasteiger partial charge in [0, 0.05) is 12.8 Å². The van der Waals surface area contributed by atoms with Crippen molar-refractivity contribution in [3.8, 4) is 0 Å². The Kier molecular flexibility index (Phi) is 4.91. The van der Waals surface area contributed by atoms with E-state index in [0.717, 1.165) is 12.8 Å². The summed E-state index contributed by atoms with van der Waals surface area (Å²) in [5, 5.41) is 0. The van der Waals surface area contributed by atoms with Crippen molar-refractivity contribution in [3.05, 3.63) is 71.3 Å². The van der Waals surface area contributed by atoms with Gasteiger partial charge in [-0.15, -0.1) is 0 Å². The monoisotopic (exact) mass is 252 g/mol. The molecule has 2 aromatic carbocycles. The molecule has 0 fully saturated rings. The van der Waals surface area contributed by atoms with E-state index in [2.05, 4.69) is 31.2 Å². The first-order valence-electron chi connectivity index (χ1n) is 6.86. The summed E-state index contributed by atoms with van der Waals surface area (Å²) in [7, 11) is 0. The van der Waals surface area contributed by atoms with Gasteiger partial charge < -0.3 is 0 Å².